The highest BCUT2D eigenvalue weighted by Crippen LogP contribution is 2.35. The Balaban J connectivity index is 4.05. The molecule has 0 aromatic rings. The lowest BCUT2D eigenvalue weighted by Crippen LogP contribution is -2.29. The van der Waals surface area contributed by atoms with Crippen LogP contribution in [0.25, 0.3) is 0 Å². The summed E-state index contributed by atoms with van der Waals surface area (Å²) in [4.78, 5) is 42.5. The molecule has 272 valence electrons. The first kappa shape index (κ1) is 45.0. The predicted octanol–water partition coefficient (Wildman–Crippen LogP) is 10.8. The summed E-state index contributed by atoms with van der Waals surface area (Å²) in [7, 11) is -4.76. The van der Waals surface area contributed by atoms with Gasteiger partial charge < -0.3 is 19.3 Å². The largest absolute Gasteiger partial charge is 0.469 e. The molecule has 0 fully saturated rings. The molecular weight excluding hydrogens is 615 g/mol. The van der Waals surface area contributed by atoms with Crippen LogP contribution in [0.3, 0.4) is 0 Å². The van der Waals surface area contributed by atoms with Crippen LogP contribution in [0.5, 0.6) is 0 Å². The fourth-order valence-electron chi connectivity index (χ4n) is 4.83. The average molecular weight is 683 g/mol. The maximum atomic E-state index is 12.3. The third-order valence-electron chi connectivity index (χ3n) is 7.60. The summed E-state index contributed by atoms with van der Waals surface area (Å²) in [5.41, 5.74) is 0. The van der Waals surface area contributed by atoms with E-state index in [0.29, 0.717) is 19.3 Å². The molecule has 0 aliphatic rings. The number of allylic oxidation sites excluding steroid dienone is 8. The summed E-state index contributed by atoms with van der Waals surface area (Å²) in [6, 6.07) is 0. The number of hydrogen-bond acceptors (Lipinski definition) is 6. The molecule has 47 heavy (non-hydrogen) atoms. The lowest BCUT2D eigenvalue weighted by atomic mass is 10.1. The molecule has 0 spiro atoms. The number of phosphoric ester groups is 1. The normalized spacial score (nSPS) is 13.0. The van der Waals surface area contributed by atoms with Crippen molar-refractivity contribution in [3.05, 3.63) is 48.6 Å². The smallest absolute Gasteiger partial charge is 0.462 e. The van der Waals surface area contributed by atoms with Crippen LogP contribution in [0.4, 0.5) is 0 Å². The number of hydrogen-bond donors (Lipinski definition) is 2. The zero-order chi connectivity index (χ0) is 34.7. The highest BCUT2D eigenvalue weighted by Gasteiger charge is 2.22. The first-order valence-corrected chi connectivity index (χ1v) is 20.0. The van der Waals surface area contributed by atoms with Gasteiger partial charge in [-0.05, 0) is 51.4 Å². The Hall–Kier alpha value is -1.99. The van der Waals surface area contributed by atoms with Gasteiger partial charge in [0.1, 0.15) is 6.61 Å². The molecule has 8 nitrogen and oxygen atoms in total. The van der Waals surface area contributed by atoms with Crippen LogP contribution in [0.15, 0.2) is 48.6 Å². The van der Waals surface area contributed by atoms with Gasteiger partial charge in [0, 0.05) is 12.8 Å². The van der Waals surface area contributed by atoms with E-state index in [9.17, 15) is 14.2 Å². The zero-order valence-corrected chi connectivity index (χ0v) is 30.6. The molecule has 0 saturated heterocycles. The minimum absolute atomic E-state index is 0.136. The number of esters is 2. The summed E-state index contributed by atoms with van der Waals surface area (Å²) in [5, 5.41) is 0. The third kappa shape index (κ3) is 36.7. The first-order chi connectivity index (χ1) is 22.8. The van der Waals surface area contributed by atoms with Gasteiger partial charge in [0.15, 0.2) is 6.10 Å². The first-order valence-electron chi connectivity index (χ1n) is 18.4. The topological polar surface area (TPSA) is 119 Å². The van der Waals surface area contributed by atoms with Gasteiger partial charge >= 0.3 is 19.8 Å². The van der Waals surface area contributed by atoms with Gasteiger partial charge in [-0.2, -0.15) is 0 Å². The second-order valence-electron chi connectivity index (χ2n) is 12.2. The summed E-state index contributed by atoms with van der Waals surface area (Å²) < 4.78 is 26.1. The minimum atomic E-state index is -4.76. The van der Waals surface area contributed by atoms with Crippen molar-refractivity contribution in [2.24, 2.45) is 0 Å². The van der Waals surface area contributed by atoms with Gasteiger partial charge in [-0.3, -0.25) is 14.1 Å². The summed E-state index contributed by atoms with van der Waals surface area (Å²) in [5.74, 6) is -0.957. The van der Waals surface area contributed by atoms with E-state index in [0.717, 1.165) is 38.5 Å². The van der Waals surface area contributed by atoms with Gasteiger partial charge in [0.2, 0.25) is 0 Å². The third-order valence-corrected chi connectivity index (χ3v) is 8.09. The van der Waals surface area contributed by atoms with Crippen molar-refractivity contribution in [3.63, 3.8) is 0 Å². The second-order valence-corrected chi connectivity index (χ2v) is 13.4. The second kappa shape index (κ2) is 33.9. The Morgan fingerprint density at radius 1 is 0.553 bits per heavy atom. The number of carbonyl (C=O) groups excluding carboxylic acids is 2. The van der Waals surface area contributed by atoms with Crippen molar-refractivity contribution >= 4 is 19.8 Å². The highest BCUT2D eigenvalue weighted by molar-refractivity contribution is 7.46. The van der Waals surface area contributed by atoms with Gasteiger partial charge in [0.25, 0.3) is 0 Å². The molecule has 9 heteroatoms. The van der Waals surface area contributed by atoms with Crippen molar-refractivity contribution in [1.82, 2.24) is 0 Å². The molecule has 0 radical (unpaired) electrons. The quantitative estimate of drug-likeness (QED) is 0.0304. The lowest BCUT2D eigenvalue weighted by Gasteiger charge is -2.18. The van der Waals surface area contributed by atoms with Gasteiger partial charge in [-0.25, -0.2) is 4.57 Å². The number of rotatable bonds is 33. The monoisotopic (exact) mass is 682 g/mol. The zero-order valence-electron chi connectivity index (χ0n) is 29.7. The fraction of sp³-hybridized carbons (Fsp3) is 0.737. The highest BCUT2D eigenvalue weighted by atomic mass is 31.2. The van der Waals surface area contributed by atoms with E-state index >= 15 is 0 Å². The van der Waals surface area contributed by atoms with E-state index in [2.05, 4.69) is 60.9 Å². The predicted molar refractivity (Wildman–Crippen MR) is 193 cm³/mol. The van der Waals surface area contributed by atoms with Crippen LogP contribution in [0.1, 0.15) is 162 Å². The molecule has 0 rings (SSSR count). The molecule has 0 saturated carbocycles. The number of carbonyl (C=O) groups is 2. The standard InChI is InChI=1S/C38H67O8P/c1-3-5-7-9-11-13-14-15-16-17-18-19-20-21-22-23-24-25-27-29-31-33-38(40)46-36(35-45-47(41,42)43)34-44-37(39)32-30-28-26-12-10-8-6-4-2/h16-17,19-20,22-23,25,27,36H,3-15,18,21,24,26,28-35H2,1-2H3,(H2,41,42,43)/b17-16+,20-19+,23-22+,27-25+/t36-/m1/s1. The Kier molecular flexibility index (Phi) is 32.5. The molecule has 0 unspecified atom stereocenters. The van der Waals surface area contributed by atoms with Crippen LogP contribution >= 0.6 is 7.82 Å². The number of phosphoric acid groups is 1. The molecule has 0 bridgehead atoms. The van der Waals surface area contributed by atoms with Crippen LogP contribution in [-0.4, -0.2) is 41.0 Å². The van der Waals surface area contributed by atoms with Gasteiger partial charge in [-0.1, -0.05) is 146 Å². The molecule has 0 heterocycles. The van der Waals surface area contributed by atoms with Crippen molar-refractivity contribution in [2.75, 3.05) is 13.2 Å². The minimum Gasteiger partial charge on any atom is -0.462 e. The van der Waals surface area contributed by atoms with Crippen molar-refractivity contribution in [3.8, 4) is 0 Å². The van der Waals surface area contributed by atoms with Crippen LogP contribution in [-0.2, 0) is 28.2 Å². The average Bonchev–Trinajstić information content (AvgIpc) is 3.04. The summed E-state index contributed by atoms with van der Waals surface area (Å²) in [6.07, 6.45) is 40.0. The van der Waals surface area contributed by atoms with Gasteiger partial charge in [0.05, 0.1) is 6.61 Å². The lowest BCUT2D eigenvalue weighted by molar-refractivity contribution is -0.161. The van der Waals surface area contributed by atoms with E-state index in [1.165, 1.54) is 77.0 Å². The summed E-state index contributed by atoms with van der Waals surface area (Å²) >= 11 is 0. The van der Waals surface area contributed by atoms with Crippen molar-refractivity contribution in [1.29, 1.82) is 0 Å². The fourth-order valence-corrected chi connectivity index (χ4v) is 5.20. The van der Waals surface area contributed by atoms with Crippen molar-refractivity contribution in [2.45, 2.75) is 168 Å². The molecule has 0 amide bonds. The van der Waals surface area contributed by atoms with Crippen molar-refractivity contribution < 1.29 is 37.9 Å². The molecule has 2 N–H and O–H groups in total. The van der Waals surface area contributed by atoms with Gasteiger partial charge in [-0.15, -0.1) is 0 Å². The Morgan fingerprint density at radius 2 is 0.979 bits per heavy atom. The van der Waals surface area contributed by atoms with E-state index in [-0.39, 0.29) is 19.4 Å². The molecule has 0 aliphatic heterocycles. The Bertz CT molecular complexity index is 905. The maximum absolute atomic E-state index is 12.3. The van der Waals surface area contributed by atoms with E-state index in [1.54, 1.807) is 0 Å². The molecule has 1 atom stereocenters. The van der Waals surface area contributed by atoms with Crippen LogP contribution in [0, 0.1) is 0 Å². The Morgan fingerprint density at radius 3 is 1.49 bits per heavy atom. The number of unbranched alkanes of at least 4 members (excludes halogenated alkanes) is 15. The van der Waals surface area contributed by atoms with E-state index in [1.807, 2.05) is 6.08 Å². The SMILES string of the molecule is CCCCCCCCC/C=C/C/C=C/C/C=C/C/C=C/CCCC(=O)O[C@H](COC(=O)CCCCCCCCCC)COP(=O)(O)O. The Labute approximate surface area is 286 Å². The summed E-state index contributed by atoms with van der Waals surface area (Å²) in [6.45, 7) is 3.58. The molecule has 0 aromatic heterocycles. The maximum Gasteiger partial charge on any atom is 0.469 e. The molecule has 0 aliphatic carbocycles. The van der Waals surface area contributed by atoms with Crippen LogP contribution < -0.4 is 0 Å². The van der Waals surface area contributed by atoms with E-state index in [4.69, 9.17) is 19.3 Å². The molecule has 0 aromatic carbocycles. The number of ether oxygens (including phenoxy) is 2. The van der Waals surface area contributed by atoms with E-state index < -0.39 is 32.5 Å². The van der Waals surface area contributed by atoms with Crippen LogP contribution in [0.2, 0.25) is 0 Å². The molecular formula is C38H67O8P.